The van der Waals surface area contributed by atoms with Crippen molar-refractivity contribution < 1.29 is 18.0 Å². The van der Waals surface area contributed by atoms with Gasteiger partial charge in [0.05, 0.1) is 10.6 Å². The summed E-state index contributed by atoms with van der Waals surface area (Å²) < 4.78 is 29.7. The third-order valence-electron chi connectivity index (χ3n) is 6.16. The Kier molecular flexibility index (Phi) is 10.6. The van der Waals surface area contributed by atoms with Crippen molar-refractivity contribution in [3.05, 3.63) is 93.4 Å². The summed E-state index contributed by atoms with van der Waals surface area (Å²) in [5.41, 5.74) is 1.73. The van der Waals surface area contributed by atoms with Gasteiger partial charge in [0.15, 0.2) is 0 Å². The number of rotatable bonds is 11. The molecule has 1 unspecified atom stereocenters. The zero-order valence-corrected chi connectivity index (χ0v) is 25.6. The molecule has 0 saturated heterocycles. The zero-order valence-electron chi connectivity index (χ0n) is 22.4. The van der Waals surface area contributed by atoms with E-state index in [1.54, 1.807) is 50.2 Å². The van der Waals surface area contributed by atoms with Crippen LogP contribution in [0.25, 0.3) is 0 Å². The number of benzene rings is 3. The van der Waals surface area contributed by atoms with Gasteiger partial charge in [0.25, 0.3) is 10.0 Å². The van der Waals surface area contributed by atoms with Crippen molar-refractivity contribution in [3.63, 3.8) is 0 Å². The van der Waals surface area contributed by atoms with Crippen LogP contribution in [0.2, 0.25) is 5.02 Å². The first kappa shape index (κ1) is 30.7. The van der Waals surface area contributed by atoms with Crippen molar-refractivity contribution in [2.45, 2.75) is 45.2 Å². The van der Waals surface area contributed by atoms with E-state index < -0.39 is 28.5 Å². The molecule has 39 heavy (non-hydrogen) atoms. The Hall–Kier alpha value is -2.88. The standard InChI is InChI=1S/C29H33BrClN3O4S/c1-20(2)17-32-29(36)22(4)33(18-23-10-12-24(30)13-11-23)28(35)19-34(27-15-14-25(31)16-21(27)3)39(37,38)26-8-6-5-7-9-26/h5-16,20,22H,17-19H2,1-4H3,(H,32,36). The molecule has 1 atom stereocenters. The molecule has 0 spiro atoms. The lowest BCUT2D eigenvalue weighted by molar-refractivity contribution is -0.139. The normalized spacial score (nSPS) is 12.2. The van der Waals surface area contributed by atoms with E-state index >= 15 is 0 Å². The predicted molar refractivity (Wildman–Crippen MR) is 159 cm³/mol. The number of anilines is 1. The van der Waals surface area contributed by atoms with E-state index in [2.05, 4.69) is 21.2 Å². The number of halogens is 2. The maximum absolute atomic E-state index is 13.9. The van der Waals surface area contributed by atoms with Crippen LogP contribution in [0.4, 0.5) is 5.69 Å². The van der Waals surface area contributed by atoms with Gasteiger partial charge in [-0.2, -0.15) is 0 Å². The molecule has 3 aromatic carbocycles. The van der Waals surface area contributed by atoms with Gasteiger partial charge in [0.1, 0.15) is 12.6 Å². The minimum atomic E-state index is -4.13. The first-order valence-corrected chi connectivity index (χ1v) is 15.2. The summed E-state index contributed by atoms with van der Waals surface area (Å²) in [5, 5.41) is 3.33. The highest BCUT2D eigenvalue weighted by molar-refractivity contribution is 9.10. The number of nitrogens with zero attached hydrogens (tertiary/aromatic N) is 2. The molecular formula is C29H33BrClN3O4S. The van der Waals surface area contributed by atoms with E-state index in [9.17, 15) is 18.0 Å². The van der Waals surface area contributed by atoms with Gasteiger partial charge in [-0.1, -0.05) is 71.7 Å². The summed E-state index contributed by atoms with van der Waals surface area (Å²) in [6.45, 7) is 7.44. The maximum Gasteiger partial charge on any atom is 0.264 e. The number of hydrogen-bond acceptors (Lipinski definition) is 4. The number of carbonyl (C=O) groups excluding carboxylic acids is 2. The largest absolute Gasteiger partial charge is 0.354 e. The summed E-state index contributed by atoms with van der Waals surface area (Å²) in [5.74, 6) is -0.593. The fraction of sp³-hybridized carbons (Fsp3) is 0.310. The Balaban J connectivity index is 2.03. The van der Waals surface area contributed by atoms with Gasteiger partial charge >= 0.3 is 0 Å². The summed E-state index contributed by atoms with van der Waals surface area (Å²) in [4.78, 5) is 28.5. The molecule has 0 aliphatic heterocycles. The summed E-state index contributed by atoms with van der Waals surface area (Å²) in [6, 6.07) is 19.3. The van der Waals surface area contributed by atoms with Gasteiger partial charge in [-0.15, -0.1) is 0 Å². The van der Waals surface area contributed by atoms with Crippen molar-refractivity contribution in [3.8, 4) is 0 Å². The van der Waals surface area contributed by atoms with Crippen LogP contribution < -0.4 is 9.62 Å². The van der Waals surface area contributed by atoms with Crippen molar-refractivity contribution >= 4 is 55.1 Å². The molecule has 0 fully saturated rings. The van der Waals surface area contributed by atoms with Gasteiger partial charge in [-0.3, -0.25) is 13.9 Å². The van der Waals surface area contributed by atoms with Crippen molar-refractivity contribution in [2.75, 3.05) is 17.4 Å². The predicted octanol–water partition coefficient (Wildman–Crippen LogP) is 5.80. The van der Waals surface area contributed by atoms with Gasteiger partial charge < -0.3 is 10.2 Å². The number of nitrogens with one attached hydrogen (secondary N) is 1. The molecule has 0 heterocycles. The van der Waals surface area contributed by atoms with E-state index in [1.165, 1.54) is 17.0 Å². The molecule has 0 saturated carbocycles. The smallest absolute Gasteiger partial charge is 0.264 e. The molecule has 0 bridgehead atoms. The highest BCUT2D eigenvalue weighted by Gasteiger charge is 2.33. The Morgan fingerprint density at radius 2 is 1.62 bits per heavy atom. The number of aryl methyl sites for hydroxylation is 1. The molecule has 0 aliphatic carbocycles. The minimum Gasteiger partial charge on any atom is -0.354 e. The molecule has 3 rings (SSSR count). The second kappa shape index (κ2) is 13.5. The van der Waals surface area contributed by atoms with Crippen LogP contribution in [0.15, 0.2) is 82.2 Å². The molecular weight excluding hydrogens is 602 g/mol. The van der Waals surface area contributed by atoms with Crippen LogP contribution in [-0.2, 0) is 26.2 Å². The fourth-order valence-electron chi connectivity index (χ4n) is 3.95. The lowest BCUT2D eigenvalue weighted by Gasteiger charge is -2.32. The van der Waals surface area contributed by atoms with Crippen molar-refractivity contribution in [1.29, 1.82) is 0 Å². The van der Waals surface area contributed by atoms with Crippen LogP contribution in [0.5, 0.6) is 0 Å². The average Bonchev–Trinajstić information content (AvgIpc) is 2.90. The number of hydrogen-bond donors (Lipinski definition) is 1. The van der Waals surface area contributed by atoms with E-state index in [1.807, 2.05) is 38.1 Å². The fourth-order valence-corrected chi connectivity index (χ4v) is 5.94. The Morgan fingerprint density at radius 3 is 2.21 bits per heavy atom. The van der Waals surface area contributed by atoms with Crippen molar-refractivity contribution in [1.82, 2.24) is 10.2 Å². The zero-order chi connectivity index (χ0) is 28.7. The molecule has 0 radical (unpaired) electrons. The minimum absolute atomic E-state index is 0.0503. The number of carbonyl (C=O) groups is 2. The van der Waals surface area contributed by atoms with Crippen LogP contribution in [0.3, 0.4) is 0 Å². The molecule has 2 amide bonds. The maximum atomic E-state index is 13.9. The van der Waals surface area contributed by atoms with Gasteiger partial charge in [-0.25, -0.2) is 8.42 Å². The summed E-state index contributed by atoms with van der Waals surface area (Å²) >= 11 is 9.56. The second-order valence-electron chi connectivity index (χ2n) is 9.72. The number of sulfonamides is 1. The first-order valence-electron chi connectivity index (χ1n) is 12.6. The van der Waals surface area contributed by atoms with E-state index in [4.69, 9.17) is 11.6 Å². The quantitative estimate of drug-likeness (QED) is 0.289. The Bertz CT molecular complexity index is 1400. The van der Waals surface area contributed by atoms with Crippen molar-refractivity contribution in [2.24, 2.45) is 5.92 Å². The SMILES string of the molecule is Cc1cc(Cl)ccc1N(CC(=O)N(Cc1ccc(Br)cc1)C(C)C(=O)NCC(C)C)S(=O)(=O)c1ccccc1. The van der Waals surface area contributed by atoms with Gasteiger partial charge in [0.2, 0.25) is 11.8 Å². The molecule has 0 aliphatic rings. The van der Waals surface area contributed by atoms with Crippen LogP contribution in [-0.4, -0.2) is 44.3 Å². The highest BCUT2D eigenvalue weighted by atomic mass is 79.9. The Labute approximate surface area is 244 Å². The molecule has 3 aromatic rings. The molecule has 1 N–H and O–H groups in total. The second-order valence-corrected chi connectivity index (χ2v) is 12.9. The van der Waals surface area contributed by atoms with E-state index in [-0.39, 0.29) is 23.3 Å². The van der Waals surface area contributed by atoms with E-state index in [0.29, 0.717) is 22.8 Å². The van der Waals surface area contributed by atoms with Crippen LogP contribution in [0, 0.1) is 12.8 Å². The Morgan fingerprint density at radius 1 is 0.974 bits per heavy atom. The average molecular weight is 635 g/mol. The van der Waals surface area contributed by atoms with Crippen LogP contribution in [0.1, 0.15) is 31.9 Å². The highest BCUT2D eigenvalue weighted by Crippen LogP contribution is 2.29. The monoisotopic (exact) mass is 633 g/mol. The lowest BCUT2D eigenvalue weighted by atomic mass is 10.1. The third kappa shape index (κ3) is 8.06. The lowest BCUT2D eigenvalue weighted by Crippen LogP contribution is -2.51. The molecule has 7 nitrogen and oxygen atoms in total. The molecule has 208 valence electrons. The molecule has 10 heteroatoms. The van der Waals surface area contributed by atoms with Gasteiger partial charge in [-0.05, 0) is 73.4 Å². The summed E-state index contributed by atoms with van der Waals surface area (Å²) in [6.07, 6.45) is 0. The van der Waals surface area contributed by atoms with E-state index in [0.717, 1.165) is 14.3 Å². The summed E-state index contributed by atoms with van der Waals surface area (Å²) in [7, 11) is -4.13. The topological polar surface area (TPSA) is 86.8 Å². The molecule has 0 aromatic heterocycles. The third-order valence-corrected chi connectivity index (χ3v) is 8.69. The van der Waals surface area contributed by atoms with Crippen LogP contribution >= 0.6 is 27.5 Å². The first-order chi connectivity index (χ1) is 18.4. The van der Waals surface area contributed by atoms with Gasteiger partial charge in [0, 0.05) is 22.6 Å². The number of amides is 2.